The van der Waals surface area contributed by atoms with Gasteiger partial charge in [0.15, 0.2) is 0 Å². The maximum Gasteiger partial charge on any atom is 0.324 e. The Morgan fingerprint density at radius 3 is 2.82 bits per heavy atom. The van der Waals surface area contributed by atoms with Crippen molar-refractivity contribution < 1.29 is 14.3 Å². The fourth-order valence-corrected chi connectivity index (χ4v) is 2.18. The Kier molecular flexibility index (Phi) is 4.36. The van der Waals surface area contributed by atoms with E-state index in [0.29, 0.717) is 18.6 Å². The predicted molar refractivity (Wildman–Crippen MR) is 63.8 cm³/mol. The topological polar surface area (TPSA) is 50.8 Å². The Balaban J connectivity index is 1.83. The molecule has 0 bridgehead atoms. The molecule has 2 unspecified atom stereocenters. The Morgan fingerprint density at radius 1 is 1.53 bits per heavy atom. The zero-order chi connectivity index (χ0) is 12.3. The van der Waals surface area contributed by atoms with Gasteiger partial charge in [-0.15, -0.1) is 0 Å². The first-order valence-corrected chi connectivity index (χ1v) is 6.32. The number of hydrogen-bond acceptors (Lipinski definition) is 5. The minimum Gasteiger partial charge on any atom is -0.468 e. The van der Waals surface area contributed by atoms with Crippen LogP contribution in [0, 0.1) is 0 Å². The van der Waals surface area contributed by atoms with Gasteiger partial charge in [-0.2, -0.15) is 0 Å². The molecular formula is C12H22N2O3. The maximum absolute atomic E-state index is 11.7. The van der Waals surface area contributed by atoms with Crippen LogP contribution in [0.3, 0.4) is 0 Å². The fraction of sp³-hybridized carbons (Fsp3) is 0.917. The van der Waals surface area contributed by atoms with E-state index in [0.717, 1.165) is 19.6 Å². The summed E-state index contributed by atoms with van der Waals surface area (Å²) in [4.78, 5) is 13.9. The fourth-order valence-electron chi connectivity index (χ4n) is 2.18. The Hall–Kier alpha value is -0.650. The average Bonchev–Trinajstić information content (AvgIpc) is 2.97. The van der Waals surface area contributed by atoms with Gasteiger partial charge in [-0.3, -0.25) is 9.69 Å². The summed E-state index contributed by atoms with van der Waals surface area (Å²) in [6.45, 7) is 2.29. The van der Waals surface area contributed by atoms with Crippen molar-refractivity contribution >= 4 is 5.97 Å². The second-order valence-corrected chi connectivity index (χ2v) is 4.97. The van der Waals surface area contributed by atoms with Crippen molar-refractivity contribution in [1.29, 1.82) is 0 Å². The van der Waals surface area contributed by atoms with Crippen LogP contribution in [-0.4, -0.2) is 62.9 Å². The van der Waals surface area contributed by atoms with Crippen LogP contribution in [0.25, 0.3) is 0 Å². The number of carbonyl (C=O) groups is 1. The first kappa shape index (κ1) is 12.8. The molecule has 0 aromatic rings. The highest BCUT2D eigenvalue weighted by Gasteiger charge is 2.31. The van der Waals surface area contributed by atoms with Gasteiger partial charge in [-0.1, -0.05) is 0 Å². The number of esters is 1. The summed E-state index contributed by atoms with van der Waals surface area (Å²) >= 11 is 0. The number of hydrogen-bond donors (Lipinski definition) is 1. The Labute approximate surface area is 102 Å². The van der Waals surface area contributed by atoms with Crippen LogP contribution in [0.4, 0.5) is 0 Å². The lowest BCUT2D eigenvalue weighted by molar-refractivity contribution is -0.143. The monoisotopic (exact) mass is 242 g/mol. The summed E-state index contributed by atoms with van der Waals surface area (Å²) in [6, 6.07) is 0.730. The number of likely N-dealkylation sites (N-methyl/N-ethyl adjacent to an activating group) is 1. The van der Waals surface area contributed by atoms with Crippen molar-refractivity contribution in [2.75, 3.05) is 33.9 Å². The molecule has 5 heteroatoms. The molecule has 17 heavy (non-hydrogen) atoms. The molecule has 0 spiro atoms. The molecule has 1 N–H and O–H groups in total. The minimum absolute atomic E-state index is 0.164. The van der Waals surface area contributed by atoms with Crippen LogP contribution in [-0.2, 0) is 14.3 Å². The van der Waals surface area contributed by atoms with Crippen LogP contribution in [0.1, 0.15) is 19.3 Å². The molecule has 2 atom stereocenters. The molecule has 0 aromatic heterocycles. The summed E-state index contributed by atoms with van der Waals surface area (Å²) in [5.74, 6) is -0.164. The van der Waals surface area contributed by atoms with E-state index in [9.17, 15) is 4.79 Å². The summed E-state index contributed by atoms with van der Waals surface area (Å²) in [6.07, 6.45) is 3.39. The number of rotatable bonds is 6. The van der Waals surface area contributed by atoms with Crippen molar-refractivity contribution in [3.8, 4) is 0 Å². The van der Waals surface area contributed by atoms with Gasteiger partial charge in [0.2, 0.25) is 0 Å². The largest absolute Gasteiger partial charge is 0.468 e. The molecule has 1 aliphatic heterocycles. The van der Waals surface area contributed by atoms with Crippen molar-refractivity contribution in [3.05, 3.63) is 0 Å². The quantitative estimate of drug-likeness (QED) is 0.665. The number of nitrogens with zero attached hydrogens (tertiary/aromatic N) is 1. The van der Waals surface area contributed by atoms with Gasteiger partial charge in [0.1, 0.15) is 6.04 Å². The van der Waals surface area contributed by atoms with Gasteiger partial charge in [0, 0.05) is 25.2 Å². The van der Waals surface area contributed by atoms with Crippen LogP contribution in [0.5, 0.6) is 0 Å². The van der Waals surface area contributed by atoms with Gasteiger partial charge in [0.25, 0.3) is 0 Å². The zero-order valence-electron chi connectivity index (χ0n) is 10.6. The van der Waals surface area contributed by atoms with Gasteiger partial charge in [-0.25, -0.2) is 0 Å². The first-order valence-electron chi connectivity index (χ1n) is 6.32. The molecule has 2 aliphatic rings. The second-order valence-electron chi connectivity index (χ2n) is 4.97. The van der Waals surface area contributed by atoms with E-state index in [1.54, 1.807) is 0 Å². The lowest BCUT2D eigenvalue weighted by Gasteiger charge is -2.27. The van der Waals surface area contributed by atoms with E-state index in [1.807, 2.05) is 7.05 Å². The minimum atomic E-state index is -0.210. The van der Waals surface area contributed by atoms with Crippen LogP contribution < -0.4 is 5.32 Å². The molecular weight excluding hydrogens is 220 g/mol. The summed E-state index contributed by atoms with van der Waals surface area (Å²) in [7, 11) is 3.49. The highest BCUT2D eigenvalue weighted by Crippen LogP contribution is 2.20. The number of carbonyl (C=O) groups excluding carboxylic acids is 1. The van der Waals surface area contributed by atoms with Gasteiger partial charge in [0.05, 0.1) is 13.7 Å². The standard InChI is InChI=1S/C12H22N2O3/c1-14(10-5-6-17-8-10)7-11(12(15)16-2)13-9-3-4-9/h9-11,13H,3-8H2,1-2H3. The highest BCUT2D eigenvalue weighted by atomic mass is 16.5. The molecule has 1 saturated carbocycles. The van der Waals surface area contributed by atoms with Crippen molar-refractivity contribution in [2.24, 2.45) is 0 Å². The van der Waals surface area contributed by atoms with E-state index >= 15 is 0 Å². The molecule has 1 heterocycles. The van der Waals surface area contributed by atoms with E-state index in [-0.39, 0.29) is 12.0 Å². The molecule has 1 aliphatic carbocycles. The van der Waals surface area contributed by atoms with E-state index in [2.05, 4.69) is 10.2 Å². The molecule has 0 amide bonds. The Morgan fingerprint density at radius 2 is 2.29 bits per heavy atom. The van der Waals surface area contributed by atoms with E-state index in [4.69, 9.17) is 9.47 Å². The molecule has 1 saturated heterocycles. The smallest absolute Gasteiger partial charge is 0.324 e. The summed E-state index contributed by atoms with van der Waals surface area (Å²) in [5, 5.41) is 3.34. The summed E-state index contributed by atoms with van der Waals surface area (Å²) < 4.78 is 10.2. The molecule has 2 fully saturated rings. The van der Waals surface area contributed by atoms with Gasteiger partial charge in [-0.05, 0) is 26.3 Å². The molecule has 0 radical (unpaired) electrons. The third kappa shape index (κ3) is 3.66. The number of ether oxygens (including phenoxy) is 2. The SMILES string of the molecule is COC(=O)C(CN(C)C1CCOC1)NC1CC1. The maximum atomic E-state index is 11.7. The van der Waals surface area contributed by atoms with Crippen molar-refractivity contribution in [2.45, 2.75) is 37.4 Å². The third-order valence-electron chi connectivity index (χ3n) is 3.50. The molecule has 0 aromatic carbocycles. The third-order valence-corrected chi connectivity index (χ3v) is 3.50. The van der Waals surface area contributed by atoms with Crippen LogP contribution in [0.2, 0.25) is 0 Å². The highest BCUT2D eigenvalue weighted by molar-refractivity contribution is 5.76. The lowest BCUT2D eigenvalue weighted by atomic mass is 10.2. The lowest BCUT2D eigenvalue weighted by Crippen LogP contribution is -2.49. The number of methoxy groups -OCH3 is 1. The van der Waals surface area contributed by atoms with Crippen molar-refractivity contribution in [1.82, 2.24) is 10.2 Å². The van der Waals surface area contributed by atoms with Gasteiger partial charge >= 0.3 is 5.97 Å². The van der Waals surface area contributed by atoms with Gasteiger partial charge < -0.3 is 14.8 Å². The second kappa shape index (κ2) is 5.80. The molecule has 98 valence electrons. The Bertz CT molecular complexity index is 262. The molecule has 5 nitrogen and oxygen atoms in total. The van der Waals surface area contributed by atoms with Crippen LogP contribution >= 0.6 is 0 Å². The normalized spacial score (nSPS) is 26.2. The predicted octanol–water partition coefficient (Wildman–Crippen LogP) is 0.000700. The average molecular weight is 242 g/mol. The van der Waals surface area contributed by atoms with Crippen LogP contribution in [0.15, 0.2) is 0 Å². The first-order chi connectivity index (χ1) is 8.20. The zero-order valence-corrected chi connectivity index (χ0v) is 10.6. The van der Waals surface area contributed by atoms with E-state index in [1.165, 1.54) is 20.0 Å². The summed E-state index contributed by atoms with van der Waals surface area (Å²) in [5.41, 5.74) is 0. The molecule has 2 rings (SSSR count). The van der Waals surface area contributed by atoms with E-state index < -0.39 is 0 Å². The van der Waals surface area contributed by atoms with Crippen molar-refractivity contribution in [3.63, 3.8) is 0 Å². The number of nitrogens with one attached hydrogen (secondary N) is 1.